The van der Waals surface area contributed by atoms with E-state index < -0.39 is 0 Å². The number of amides is 2. The van der Waals surface area contributed by atoms with Crippen LogP contribution in [0, 0.1) is 0 Å². The minimum atomic E-state index is -0.273. The molecule has 3 rings (SSSR count). The molecule has 4 nitrogen and oxygen atoms in total. The number of benzene rings is 3. The van der Waals surface area contributed by atoms with Crippen LogP contribution in [-0.2, 0) is 4.79 Å². The minimum Gasteiger partial charge on any atom is -0.349 e. The van der Waals surface area contributed by atoms with Gasteiger partial charge in [-0.2, -0.15) is 0 Å². The van der Waals surface area contributed by atoms with Crippen LogP contribution >= 0.6 is 0 Å². The second kappa shape index (κ2) is 9.69. The second-order valence-corrected chi connectivity index (χ2v) is 7.17. The standard InChI is InChI=1S/C25H26N2O2/c1-19(26-25(29)22-16-10-5-11-17-22)18-23(28)27(2)24(20-12-6-3-7-13-20)21-14-8-4-9-15-21/h3-17,19,24H,18H2,1-2H3,(H,26,29). The Morgan fingerprint density at radius 1 is 0.793 bits per heavy atom. The third-order valence-electron chi connectivity index (χ3n) is 4.91. The number of hydrogen-bond acceptors (Lipinski definition) is 2. The summed E-state index contributed by atoms with van der Waals surface area (Å²) < 4.78 is 0. The number of carbonyl (C=O) groups excluding carboxylic acids is 2. The second-order valence-electron chi connectivity index (χ2n) is 7.17. The highest BCUT2D eigenvalue weighted by molar-refractivity contribution is 5.94. The van der Waals surface area contributed by atoms with E-state index >= 15 is 0 Å². The van der Waals surface area contributed by atoms with Gasteiger partial charge in [-0.1, -0.05) is 78.9 Å². The zero-order chi connectivity index (χ0) is 20.6. The fourth-order valence-corrected chi connectivity index (χ4v) is 3.41. The normalized spacial score (nSPS) is 11.7. The Hall–Kier alpha value is -3.40. The van der Waals surface area contributed by atoms with Crippen molar-refractivity contribution in [2.75, 3.05) is 7.05 Å². The first kappa shape index (κ1) is 20.3. The van der Waals surface area contributed by atoms with Crippen LogP contribution in [0.3, 0.4) is 0 Å². The molecule has 0 fully saturated rings. The van der Waals surface area contributed by atoms with Gasteiger partial charge in [-0.25, -0.2) is 0 Å². The van der Waals surface area contributed by atoms with E-state index in [0.717, 1.165) is 11.1 Å². The van der Waals surface area contributed by atoms with Gasteiger partial charge in [0, 0.05) is 25.1 Å². The van der Waals surface area contributed by atoms with Crippen LogP contribution in [-0.4, -0.2) is 29.8 Å². The molecule has 0 aliphatic carbocycles. The number of carbonyl (C=O) groups is 2. The summed E-state index contributed by atoms with van der Waals surface area (Å²) in [6.45, 7) is 1.85. The molecule has 0 saturated heterocycles. The Bertz CT molecular complexity index is 887. The van der Waals surface area contributed by atoms with Gasteiger partial charge >= 0.3 is 0 Å². The Balaban J connectivity index is 1.71. The molecule has 0 saturated carbocycles. The zero-order valence-corrected chi connectivity index (χ0v) is 16.8. The first-order valence-electron chi connectivity index (χ1n) is 9.77. The molecule has 0 spiro atoms. The van der Waals surface area contributed by atoms with Crippen molar-refractivity contribution in [3.05, 3.63) is 108 Å². The highest BCUT2D eigenvalue weighted by atomic mass is 16.2. The van der Waals surface area contributed by atoms with Crippen LogP contribution in [0.15, 0.2) is 91.0 Å². The van der Waals surface area contributed by atoms with Crippen molar-refractivity contribution < 1.29 is 9.59 Å². The molecule has 0 aliphatic heterocycles. The molecule has 0 radical (unpaired) electrons. The van der Waals surface area contributed by atoms with E-state index in [1.165, 1.54) is 0 Å². The van der Waals surface area contributed by atoms with Gasteiger partial charge in [-0.15, -0.1) is 0 Å². The van der Waals surface area contributed by atoms with Crippen molar-refractivity contribution in [2.24, 2.45) is 0 Å². The molecule has 0 aromatic heterocycles. The van der Waals surface area contributed by atoms with Crippen LogP contribution in [0.4, 0.5) is 0 Å². The van der Waals surface area contributed by atoms with E-state index in [1.807, 2.05) is 92.8 Å². The number of hydrogen-bond donors (Lipinski definition) is 1. The van der Waals surface area contributed by atoms with Gasteiger partial charge in [-0.05, 0) is 30.2 Å². The SMILES string of the molecule is CC(CC(=O)N(C)C(c1ccccc1)c1ccccc1)NC(=O)c1ccccc1. The third-order valence-corrected chi connectivity index (χ3v) is 4.91. The van der Waals surface area contributed by atoms with Crippen molar-refractivity contribution in [2.45, 2.75) is 25.4 Å². The maximum Gasteiger partial charge on any atom is 0.251 e. The predicted octanol–water partition coefficient (Wildman–Crippen LogP) is 4.44. The van der Waals surface area contributed by atoms with Crippen molar-refractivity contribution in [1.29, 1.82) is 0 Å². The van der Waals surface area contributed by atoms with E-state index in [2.05, 4.69) is 5.32 Å². The molecule has 29 heavy (non-hydrogen) atoms. The molecule has 1 N–H and O–H groups in total. The largest absolute Gasteiger partial charge is 0.349 e. The predicted molar refractivity (Wildman–Crippen MR) is 115 cm³/mol. The fraction of sp³-hybridized carbons (Fsp3) is 0.200. The summed E-state index contributed by atoms with van der Waals surface area (Å²) in [5.74, 6) is -0.195. The van der Waals surface area contributed by atoms with Crippen LogP contribution in [0.1, 0.15) is 40.9 Å². The maximum absolute atomic E-state index is 13.0. The lowest BCUT2D eigenvalue weighted by atomic mass is 9.97. The lowest BCUT2D eigenvalue weighted by Gasteiger charge is -2.30. The maximum atomic E-state index is 13.0. The average molecular weight is 386 g/mol. The van der Waals surface area contributed by atoms with Crippen molar-refractivity contribution in [3.8, 4) is 0 Å². The Kier molecular flexibility index (Phi) is 6.80. The van der Waals surface area contributed by atoms with Crippen LogP contribution in [0.5, 0.6) is 0 Å². The Morgan fingerprint density at radius 3 is 1.72 bits per heavy atom. The lowest BCUT2D eigenvalue weighted by molar-refractivity contribution is -0.131. The van der Waals surface area contributed by atoms with Gasteiger partial charge in [0.25, 0.3) is 5.91 Å². The van der Waals surface area contributed by atoms with Gasteiger partial charge in [0.2, 0.25) is 5.91 Å². The summed E-state index contributed by atoms with van der Waals surface area (Å²) in [6, 6.07) is 28.5. The van der Waals surface area contributed by atoms with Gasteiger partial charge in [0.15, 0.2) is 0 Å². The smallest absolute Gasteiger partial charge is 0.251 e. The average Bonchev–Trinajstić information content (AvgIpc) is 2.76. The van der Waals surface area contributed by atoms with E-state index in [-0.39, 0.29) is 30.3 Å². The van der Waals surface area contributed by atoms with Gasteiger partial charge < -0.3 is 10.2 Å². The molecular weight excluding hydrogens is 360 g/mol. The summed E-state index contributed by atoms with van der Waals surface area (Å²) in [5, 5.41) is 2.91. The molecular formula is C25H26N2O2. The number of nitrogens with zero attached hydrogens (tertiary/aromatic N) is 1. The molecule has 3 aromatic rings. The highest BCUT2D eigenvalue weighted by Gasteiger charge is 2.24. The van der Waals surface area contributed by atoms with Gasteiger partial charge in [-0.3, -0.25) is 9.59 Å². The summed E-state index contributed by atoms with van der Waals surface area (Å²) in [4.78, 5) is 27.1. The highest BCUT2D eigenvalue weighted by Crippen LogP contribution is 2.28. The summed E-state index contributed by atoms with van der Waals surface area (Å²) in [6.07, 6.45) is 0.227. The van der Waals surface area contributed by atoms with Crippen molar-refractivity contribution in [3.63, 3.8) is 0 Å². The number of rotatable bonds is 7. The summed E-state index contributed by atoms with van der Waals surface area (Å²) in [5.41, 5.74) is 2.69. The lowest BCUT2D eigenvalue weighted by Crippen LogP contribution is -2.39. The zero-order valence-electron chi connectivity index (χ0n) is 16.8. The quantitative estimate of drug-likeness (QED) is 0.652. The molecule has 0 aliphatic rings. The van der Waals surface area contributed by atoms with Crippen molar-refractivity contribution in [1.82, 2.24) is 10.2 Å². The molecule has 3 aromatic carbocycles. The Morgan fingerprint density at radius 2 is 1.24 bits per heavy atom. The number of nitrogens with one attached hydrogen (secondary N) is 1. The van der Waals surface area contributed by atoms with E-state index in [9.17, 15) is 9.59 Å². The summed E-state index contributed by atoms with van der Waals surface area (Å²) in [7, 11) is 1.82. The van der Waals surface area contributed by atoms with Crippen LogP contribution in [0.2, 0.25) is 0 Å². The van der Waals surface area contributed by atoms with Gasteiger partial charge in [0.05, 0.1) is 6.04 Å². The third kappa shape index (κ3) is 5.32. The van der Waals surface area contributed by atoms with E-state index in [4.69, 9.17) is 0 Å². The van der Waals surface area contributed by atoms with E-state index in [0.29, 0.717) is 5.56 Å². The summed E-state index contributed by atoms with van der Waals surface area (Å²) >= 11 is 0. The molecule has 2 amide bonds. The molecule has 0 bridgehead atoms. The molecule has 1 atom stereocenters. The van der Waals surface area contributed by atoms with Crippen molar-refractivity contribution >= 4 is 11.8 Å². The van der Waals surface area contributed by atoms with Gasteiger partial charge in [0.1, 0.15) is 0 Å². The van der Waals surface area contributed by atoms with E-state index in [1.54, 1.807) is 17.0 Å². The molecule has 4 heteroatoms. The fourth-order valence-electron chi connectivity index (χ4n) is 3.41. The molecule has 148 valence electrons. The monoisotopic (exact) mass is 386 g/mol. The van der Waals surface area contributed by atoms with Crippen LogP contribution in [0.25, 0.3) is 0 Å². The first-order valence-corrected chi connectivity index (χ1v) is 9.77. The van der Waals surface area contributed by atoms with Crippen LogP contribution < -0.4 is 5.32 Å². The molecule has 1 unspecified atom stereocenters. The first-order chi connectivity index (χ1) is 14.1. The molecule has 0 heterocycles. The minimum absolute atomic E-state index is 0.0245. The Labute approximate surface area is 172 Å². The topological polar surface area (TPSA) is 49.4 Å².